The molecule has 0 aliphatic carbocycles. The Morgan fingerprint density at radius 2 is 2.00 bits per heavy atom. The number of rotatable bonds is 7. The molecule has 0 aromatic heterocycles. The van der Waals surface area contributed by atoms with E-state index in [0.717, 1.165) is 45.8 Å². The van der Waals surface area contributed by atoms with Gasteiger partial charge in [-0.3, -0.25) is 9.69 Å². The van der Waals surface area contributed by atoms with E-state index in [1.54, 1.807) is 0 Å². The summed E-state index contributed by atoms with van der Waals surface area (Å²) < 4.78 is 5.42. The smallest absolute Gasteiger partial charge is 0.224 e. The summed E-state index contributed by atoms with van der Waals surface area (Å²) >= 11 is 0. The van der Waals surface area contributed by atoms with Gasteiger partial charge < -0.3 is 15.4 Å². The SMILES string of the molecule is CCOCCN1CCN(C(=O)CC(C)N)CC1CC.Cl.Cl. The molecular formula is C14H31Cl2N3O2. The molecule has 1 heterocycles. The van der Waals surface area contributed by atoms with E-state index in [1.165, 1.54) is 0 Å². The lowest BCUT2D eigenvalue weighted by atomic mass is 10.1. The molecule has 1 fully saturated rings. The van der Waals surface area contributed by atoms with Crippen LogP contribution < -0.4 is 5.73 Å². The number of ether oxygens (including phenoxy) is 1. The van der Waals surface area contributed by atoms with Crippen LogP contribution >= 0.6 is 24.8 Å². The molecule has 0 radical (unpaired) electrons. The summed E-state index contributed by atoms with van der Waals surface area (Å²) in [7, 11) is 0. The van der Waals surface area contributed by atoms with Crippen LogP contribution in [0, 0.1) is 0 Å². The zero-order valence-corrected chi connectivity index (χ0v) is 15.0. The first kappa shape index (κ1) is 23.2. The Balaban J connectivity index is 0. The van der Waals surface area contributed by atoms with Gasteiger partial charge in [-0.15, -0.1) is 24.8 Å². The van der Waals surface area contributed by atoms with Gasteiger partial charge >= 0.3 is 0 Å². The minimum Gasteiger partial charge on any atom is -0.380 e. The standard InChI is InChI=1S/C14H29N3O2.2ClH/c1-4-13-11-17(14(18)10-12(3)15)7-6-16(13)8-9-19-5-2;;/h12-13H,4-11,15H2,1-3H3;2*1H. The zero-order valence-electron chi connectivity index (χ0n) is 13.4. The molecule has 0 aromatic rings. The summed E-state index contributed by atoms with van der Waals surface area (Å²) in [6.07, 6.45) is 1.52. The Bertz CT molecular complexity index is 281. The fourth-order valence-electron chi connectivity index (χ4n) is 2.53. The first-order chi connectivity index (χ1) is 9.08. The normalized spacial score (nSPS) is 20.4. The third kappa shape index (κ3) is 8.21. The van der Waals surface area contributed by atoms with E-state index >= 15 is 0 Å². The van der Waals surface area contributed by atoms with Gasteiger partial charge in [0.25, 0.3) is 0 Å². The van der Waals surface area contributed by atoms with E-state index in [-0.39, 0.29) is 36.8 Å². The lowest BCUT2D eigenvalue weighted by Gasteiger charge is -2.41. The van der Waals surface area contributed by atoms with Crippen LogP contribution in [0.15, 0.2) is 0 Å². The molecule has 1 aliphatic rings. The molecule has 0 bridgehead atoms. The van der Waals surface area contributed by atoms with Gasteiger partial charge in [-0.1, -0.05) is 6.92 Å². The molecule has 1 rings (SSSR count). The fourth-order valence-corrected chi connectivity index (χ4v) is 2.53. The number of piperazine rings is 1. The van der Waals surface area contributed by atoms with Crippen LogP contribution in [-0.2, 0) is 9.53 Å². The summed E-state index contributed by atoms with van der Waals surface area (Å²) in [6, 6.07) is 0.398. The summed E-state index contributed by atoms with van der Waals surface area (Å²) in [5, 5.41) is 0. The van der Waals surface area contributed by atoms with Gasteiger partial charge in [0.2, 0.25) is 5.91 Å². The van der Waals surface area contributed by atoms with Crippen LogP contribution in [0.2, 0.25) is 0 Å². The van der Waals surface area contributed by atoms with Gasteiger partial charge in [-0.25, -0.2) is 0 Å². The minimum atomic E-state index is -0.0523. The maximum Gasteiger partial charge on any atom is 0.224 e. The zero-order chi connectivity index (χ0) is 14.3. The predicted octanol–water partition coefficient (Wildman–Crippen LogP) is 1.53. The molecule has 0 saturated carbocycles. The second kappa shape index (κ2) is 12.5. The van der Waals surface area contributed by atoms with Crippen molar-refractivity contribution in [2.75, 3.05) is 39.4 Å². The van der Waals surface area contributed by atoms with Crippen LogP contribution in [0.25, 0.3) is 0 Å². The van der Waals surface area contributed by atoms with E-state index < -0.39 is 0 Å². The maximum absolute atomic E-state index is 12.0. The number of carbonyl (C=O) groups excluding carboxylic acids is 1. The van der Waals surface area contributed by atoms with Crippen molar-refractivity contribution in [3.05, 3.63) is 0 Å². The maximum atomic E-state index is 12.0. The van der Waals surface area contributed by atoms with Crippen LogP contribution in [0.1, 0.15) is 33.6 Å². The molecule has 5 nitrogen and oxygen atoms in total. The molecule has 2 unspecified atom stereocenters. The Kier molecular flexibility index (Phi) is 13.8. The van der Waals surface area contributed by atoms with Gasteiger partial charge in [0.1, 0.15) is 0 Å². The molecule has 2 N–H and O–H groups in total. The third-order valence-electron chi connectivity index (χ3n) is 3.65. The number of halogens is 2. The van der Waals surface area contributed by atoms with Crippen molar-refractivity contribution in [2.24, 2.45) is 5.73 Å². The van der Waals surface area contributed by atoms with Gasteiger partial charge in [0.15, 0.2) is 0 Å². The quantitative estimate of drug-likeness (QED) is 0.712. The van der Waals surface area contributed by atoms with Crippen molar-refractivity contribution < 1.29 is 9.53 Å². The first-order valence-electron chi connectivity index (χ1n) is 7.43. The molecule has 0 spiro atoms. The number of carbonyl (C=O) groups is 1. The predicted molar refractivity (Wildman–Crippen MR) is 91.5 cm³/mol. The summed E-state index contributed by atoms with van der Waals surface area (Å²) in [5.74, 6) is 0.193. The van der Waals surface area contributed by atoms with Crippen molar-refractivity contribution in [3.63, 3.8) is 0 Å². The number of hydrogen-bond donors (Lipinski definition) is 1. The lowest BCUT2D eigenvalue weighted by molar-refractivity contribution is -0.134. The number of hydrogen-bond acceptors (Lipinski definition) is 4. The van der Waals surface area contributed by atoms with E-state index in [1.807, 2.05) is 18.7 Å². The Hall–Kier alpha value is -0.0700. The summed E-state index contributed by atoms with van der Waals surface area (Å²) in [4.78, 5) is 16.4. The highest BCUT2D eigenvalue weighted by Crippen LogP contribution is 2.13. The first-order valence-corrected chi connectivity index (χ1v) is 7.43. The van der Waals surface area contributed by atoms with Crippen molar-refractivity contribution in [1.82, 2.24) is 9.80 Å². The molecule has 1 aliphatic heterocycles. The summed E-state index contributed by atoms with van der Waals surface area (Å²) in [6.45, 7) is 11.2. The van der Waals surface area contributed by atoms with E-state index in [4.69, 9.17) is 10.5 Å². The van der Waals surface area contributed by atoms with Gasteiger partial charge in [0, 0.05) is 51.3 Å². The van der Waals surface area contributed by atoms with Gasteiger partial charge in [0.05, 0.1) is 6.61 Å². The van der Waals surface area contributed by atoms with Gasteiger partial charge in [-0.2, -0.15) is 0 Å². The lowest BCUT2D eigenvalue weighted by Crippen LogP contribution is -2.55. The monoisotopic (exact) mass is 343 g/mol. The Morgan fingerprint density at radius 1 is 1.33 bits per heavy atom. The summed E-state index contributed by atoms with van der Waals surface area (Å²) in [5.41, 5.74) is 5.70. The second-order valence-corrected chi connectivity index (χ2v) is 5.32. The highest BCUT2D eigenvalue weighted by molar-refractivity contribution is 5.85. The molecule has 1 amide bonds. The van der Waals surface area contributed by atoms with Crippen LogP contribution in [0.3, 0.4) is 0 Å². The van der Waals surface area contributed by atoms with E-state index in [0.29, 0.717) is 12.5 Å². The van der Waals surface area contributed by atoms with Crippen molar-refractivity contribution in [2.45, 2.75) is 45.7 Å². The third-order valence-corrected chi connectivity index (χ3v) is 3.65. The largest absolute Gasteiger partial charge is 0.380 e. The van der Waals surface area contributed by atoms with Crippen molar-refractivity contribution in [3.8, 4) is 0 Å². The Labute approximate surface area is 141 Å². The highest BCUT2D eigenvalue weighted by atomic mass is 35.5. The second-order valence-electron chi connectivity index (χ2n) is 5.32. The molecule has 7 heteroatoms. The number of nitrogens with two attached hydrogens (primary N) is 1. The Morgan fingerprint density at radius 3 is 2.52 bits per heavy atom. The average Bonchev–Trinajstić information content (AvgIpc) is 2.38. The van der Waals surface area contributed by atoms with Crippen molar-refractivity contribution >= 4 is 30.7 Å². The number of amides is 1. The molecule has 21 heavy (non-hydrogen) atoms. The topological polar surface area (TPSA) is 58.8 Å². The van der Waals surface area contributed by atoms with E-state index in [2.05, 4.69) is 11.8 Å². The highest BCUT2D eigenvalue weighted by Gasteiger charge is 2.28. The van der Waals surface area contributed by atoms with Gasteiger partial charge in [-0.05, 0) is 20.3 Å². The van der Waals surface area contributed by atoms with Crippen molar-refractivity contribution in [1.29, 1.82) is 0 Å². The van der Waals surface area contributed by atoms with Crippen LogP contribution in [-0.4, -0.2) is 67.2 Å². The molecular weight excluding hydrogens is 313 g/mol. The average molecular weight is 344 g/mol. The van der Waals surface area contributed by atoms with E-state index in [9.17, 15) is 4.79 Å². The molecule has 128 valence electrons. The molecule has 2 atom stereocenters. The van der Waals surface area contributed by atoms with Crippen LogP contribution in [0.5, 0.6) is 0 Å². The molecule has 0 aromatic carbocycles. The molecule has 1 saturated heterocycles. The fraction of sp³-hybridized carbons (Fsp3) is 0.929. The minimum absolute atomic E-state index is 0. The van der Waals surface area contributed by atoms with Crippen LogP contribution in [0.4, 0.5) is 0 Å². The number of nitrogens with zero attached hydrogens (tertiary/aromatic N) is 2.